The molecule has 0 bridgehead atoms. The molecule has 1 atom stereocenters. The van der Waals surface area contributed by atoms with Gasteiger partial charge in [-0.05, 0) is 39.0 Å². The molecule has 1 aliphatic rings. The molecule has 4 nitrogen and oxygen atoms in total. The number of fused-ring (bicyclic) bond motifs is 1. The van der Waals surface area contributed by atoms with Gasteiger partial charge in [0.2, 0.25) is 5.91 Å². The van der Waals surface area contributed by atoms with Crippen LogP contribution in [-0.4, -0.2) is 28.4 Å². The summed E-state index contributed by atoms with van der Waals surface area (Å²) in [5.74, 6) is 0.0334. The number of aliphatic hydroxyl groups excluding tert-OH is 1. The molecule has 1 heterocycles. The van der Waals surface area contributed by atoms with Crippen molar-refractivity contribution in [3.05, 3.63) is 18.2 Å². The standard InChI is InChI=1S/C13H18N2O2S/c1-8-12(17)14-10-6-9(4-5-11(10)18-8)15-13(2,3)7-16/h4-6,8,15-16H,7H2,1-3H3,(H,14,17). The van der Waals surface area contributed by atoms with Gasteiger partial charge in [-0.25, -0.2) is 0 Å². The van der Waals surface area contributed by atoms with Crippen molar-refractivity contribution in [2.24, 2.45) is 0 Å². The van der Waals surface area contributed by atoms with Gasteiger partial charge < -0.3 is 15.7 Å². The number of rotatable bonds is 3. The molecular weight excluding hydrogens is 248 g/mol. The lowest BCUT2D eigenvalue weighted by molar-refractivity contribution is -0.115. The van der Waals surface area contributed by atoms with Crippen LogP contribution in [0.4, 0.5) is 11.4 Å². The summed E-state index contributed by atoms with van der Waals surface area (Å²) in [6.07, 6.45) is 0. The van der Waals surface area contributed by atoms with Crippen LogP contribution in [-0.2, 0) is 4.79 Å². The zero-order chi connectivity index (χ0) is 13.3. The normalized spacial score (nSPS) is 19.1. The first-order chi connectivity index (χ1) is 8.41. The Labute approximate surface area is 111 Å². The highest BCUT2D eigenvalue weighted by Crippen LogP contribution is 2.37. The number of thioether (sulfide) groups is 1. The van der Waals surface area contributed by atoms with Crippen LogP contribution in [0.25, 0.3) is 0 Å². The second-order valence-electron chi connectivity index (χ2n) is 5.13. The zero-order valence-corrected chi connectivity index (χ0v) is 11.6. The summed E-state index contributed by atoms with van der Waals surface area (Å²) in [7, 11) is 0. The number of carbonyl (C=O) groups is 1. The monoisotopic (exact) mass is 266 g/mol. The fraction of sp³-hybridized carbons (Fsp3) is 0.462. The van der Waals surface area contributed by atoms with Crippen molar-refractivity contribution >= 4 is 29.0 Å². The summed E-state index contributed by atoms with van der Waals surface area (Å²) in [5.41, 5.74) is 1.35. The molecule has 0 saturated heterocycles. The first-order valence-electron chi connectivity index (χ1n) is 5.92. The lowest BCUT2D eigenvalue weighted by Crippen LogP contribution is -2.35. The predicted molar refractivity (Wildman–Crippen MR) is 75.2 cm³/mol. The van der Waals surface area contributed by atoms with E-state index in [-0.39, 0.29) is 23.3 Å². The van der Waals surface area contributed by atoms with Crippen LogP contribution in [0.3, 0.4) is 0 Å². The third kappa shape index (κ3) is 2.79. The molecular formula is C13H18N2O2S. The SMILES string of the molecule is CC1Sc2ccc(NC(C)(C)CO)cc2NC1=O. The molecule has 0 radical (unpaired) electrons. The van der Waals surface area contributed by atoms with Crippen LogP contribution in [0.1, 0.15) is 20.8 Å². The van der Waals surface area contributed by atoms with Crippen molar-refractivity contribution in [3.8, 4) is 0 Å². The van der Waals surface area contributed by atoms with Crippen LogP contribution in [0.2, 0.25) is 0 Å². The lowest BCUT2D eigenvalue weighted by atomic mass is 10.1. The Balaban J connectivity index is 2.23. The maximum Gasteiger partial charge on any atom is 0.237 e. The number of aliphatic hydroxyl groups is 1. The highest BCUT2D eigenvalue weighted by atomic mass is 32.2. The summed E-state index contributed by atoms with van der Waals surface area (Å²) in [6.45, 7) is 5.77. The van der Waals surface area contributed by atoms with Gasteiger partial charge in [0.25, 0.3) is 0 Å². The van der Waals surface area contributed by atoms with Gasteiger partial charge in [-0.2, -0.15) is 0 Å². The van der Waals surface area contributed by atoms with Crippen molar-refractivity contribution in [3.63, 3.8) is 0 Å². The second kappa shape index (κ2) is 4.82. The fourth-order valence-corrected chi connectivity index (χ4v) is 2.65. The van der Waals surface area contributed by atoms with E-state index in [0.29, 0.717) is 0 Å². The summed E-state index contributed by atoms with van der Waals surface area (Å²) in [4.78, 5) is 12.7. The number of carbonyl (C=O) groups excluding carboxylic acids is 1. The molecule has 0 aromatic heterocycles. The molecule has 0 spiro atoms. The van der Waals surface area contributed by atoms with E-state index in [1.54, 1.807) is 11.8 Å². The van der Waals surface area contributed by atoms with Crippen molar-refractivity contribution in [2.75, 3.05) is 17.2 Å². The molecule has 98 valence electrons. The van der Waals surface area contributed by atoms with Crippen LogP contribution >= 0.6 is 11.8 Å². The minimum Gasteiger partial charge on any atom is -0.394 e. The van der Waals surface area contributed by atoms with E-state index in [9.17, 15) is 9.90 Å². The first kappa shape index (κ1) is 13.2. The third-order valence-electron chi connectivity index (χ3n) is 2.79. The highest BCUT2D eigenvalue weighted by Gasteiger charge is 2.23. The van der Waals surface area contributed by atoms with E-state index in [2.05, 4.69) is 10.6 Å². The van der Waals surface area contributed by atoms with Gasteiger partial charge in [0.05, 0.1) is 23.1 Å². The number of benzene rings is 1. The van der Waals surface area contributed by atoms with Crippen molar-refractivity contribution < 1.29 is 9.90 Å². The van der Waals surface area contributed by atoms with Gasteiger partial charge in [-0.3, -0.25) is 4.79 Å². The van der Waals surface area contributed by atoms with E-state index in [1.807, 2.05) is 39.0 Å². The number of hydrogen-bond acceptors (Lipinski definition) is 4. The van der Waals surface area contributed by atoms with Crippen LogP contribution in [0.5, 0.6) is 0 Å². The Hall–Kier alpha value is -1.20. The van der Waals surface area contributed by atoms with Crippen LogP contribution in [0, 0.1) is 0 Å². The fourth-order valence-electron chi connectivity index (χ4n) is 1.72. The number of anilines is 2. The quantitative estimate of drug-likeness (QED) is 0.785. The van der Waals surface area contributed by atoms with Gasteiger partial charge >= 0.3 is 0 Å². The second-order valence-corrected chi connectivity index (χ2v) is 6.51. The molecule has 3 N–H and O–H groups in total. The van der Waals surface area contributed by atoms with Crippen molar-refractivity contribution in [1.82, 2.24) is 0 Å². The van der Waals surface area contributed by atoms with E-state index >= 15 is 0 Å². The maximum atomic E-state index is 11.6. The minimum atomic E-state index is -0.382. The maximum absolute atomic E-state index is 11.6. The van der Waals surface area contributed by atoms with Crippen molar-refractivity contribution in [2.45, 2.75) is 36.5 Å². The smallest absolute Gasteiger partial charge is 0.237 e. The Kier molecular flexibility index (Phi) is 3.54. The van der Waals surface area contributed by atoms with E-state index in [1.165, 1.54) is 0 Å². The Morgan fingerprint density at radius 3 is 2.89 bits per heavy atom. The molecule has 1 aliphatic heterocycles. The van der Waals surface area contributed by atoms with Gasteiger partial charge in [-0.15, -0.1) is 11.8 Å². The van der Waals surface area contributed by atoms with Gasteiger partial charge in [0.1, 0.15) is 0 Å². The summed E-state index contributed by atoms with van der Waals surface area (Å²) < 4.78 is 0. The highest BCUT2D eigenvalue weighted by molar-refractivity contribution is 8.00. The molecule has 2 rings (SSSR count). The third-order valence-corrected chi connectivity index (χ3v) is 3.97. The molecule has 1 amide bonds. The number of amides is 1. The molecule has 18 heavy (non-hydrogen) atoms. The molecule has 1 aromatic rings. The minimum absolute atomic E-state index is 0.0334. The Morgan fingerprint density at radius 1 is 1.50 bits per heavy atom. The Morgan fingerprint density at radius 2 is 2.22 bits per heavy atom. The van der Waals surface area contributed by atoms with Gasteiger partial charge in [0, 0.05) is 10.6 Å². The van der Waals surface area contributed by atoms with E-state index in [4.69, 9.17) is 0 Å². The summed E-state index contributed by atoms with van der Waals surface area (Å²) in [5, 5.41) is 15.3. The molecule has 0 aliphatic carbocycles. The average molecular weight is 266 g/mol. The van der Waals surface area contributed by atoms with Gasteiger partial charge in [-0.1, -0.05) is 0 Å². The zero-order valence-electron chi connectivity index (χ0n) is 10.8. The lowest BCUT2D eigenvalue weighted by Gasteiger charge is -2.27. The van der Waals surface area contributed by atoms with E-state index in [0.717, 1.165) is 16.3 Å². The van der Waals surface area contributed by atoms with E-state index < -0.39 is 0 Å². The largest absolute Gasteiger partial charge is 0.394 e. The van der Waals surface area contributed by atoms with Gasteiger partial charge in [0.15, 0.2) is 0 Å². The molecule has 0 saturated carbocycles. The first-order valence-corrected chi connectivity index (χ1v) is 6.80. The molecule has 1 unspecified atom stereocenters. The van der Waals surface area contributed by atoms with Crippen molar-refractivity contribution in [1.29, 1.82) is 0 Å². The predicted octanol–water partition coefficient (Wildman–Crippen LogP) is 2.30. The number of hydrogen-bond donors (Lipinski definition) is 3. The topological polar surface area (TPSA) is 61.4 Å². The van der Waals surface area contributed by atoms with Crippen LogP contribution in [0.15, 0.2) is 23.1 Å². The number of nitrogens with one attached hydrogen (secondary N) is 2. The Bertz CT molecular complexity index is 474. The molecule has 5 heteroatoms. The van der Waals surface area contributed by atoms with Crippen LogP contribution < -0.4 is 10.6 Å². The summed E-state index contributed by atoms with van der Waals surface area (Å²) in [6, 6.07) is 5.86. The molecule has 0 fully saturated rings. The summed E-state index contributed by atoms with van der Waals surface area (Å²) >= 11 is 1.56. The average Bonchev–Trinajstić information content (AvgIpc) is 2.31. The molecule has 1 aromatic carbocycles.